The minimum atomic E-state index is -0.296. The molecular weight excluding hydrogens is 272 g/mol. The Kier molecular flexibility index (Phi) is 3.30. The zero-order valence-corrected chi connectivity index (χ0v) is 13.2. The Hall–Kier alpha value is -1.06. The zero-order chi connectivity index (χ0) is 14.6. The largest absolute Gasteiger partial charge is 0.391 e. The molecule has 20 heavy (non-hydrogen) atoms. The fraction of sp³-hybridized carbons (Fsp3) is 0.562. The molecule has 2 aromatic heterocycles. The lowest BCUT2D eigenvalue weighted by atomic mass is 9.83. The van der Waals surface area contributed by atoms with Crippen LogP contribution in [0.1, 0.15) is 30.7 Å². The first kappa shape index (κ1) is 13.9. The number of aryl methyl sites for hydroxylation is 2. The highest BCUT2D eigenvalue weighted by Crippen LogP contribution is 2.36. The third-order valence-electron chi connectivity index (χ3n) is 4.80. The van der Waals surface area contributed by atoms with E-state index in [0.29, 0.717) is 23.4 Å². The van der Waals surface area contributed by atoms with Gasteiger partial charge in [0.1, 0.15) is 5.65 Å². The maximum atomic E-state index is 10.4. The van der Waals surface area contributed by atoms with Gasteiger partial charge in [0.25, 0.3) is 0 Å². The molecule has 0 radical (unpaired) electrons. The fourth-order valence-electron chi connectivity index (χ4n) is 3.52. The minimum Gasteiger partial charge on any atom is -0.391 e. The van der Waals surface area contributed by atoms with E-state index in [0.717, 1.165) is 23.0 Å². The molecule has 0 spiro atoms. The molecule has 0 bridgehead atoms. The summed E-state index contributed by atoms with van der Waals surface area (Å²) in [4.78, 5) is 4.50. The highest BCUT2D eigenvalue weighted by atomic mass is 35.5. The molecule has 1 aliphatic heterocycles. The molecule has 3 heterocycles. The number of aromatic nitrogens is 2. The van der Waals surface area contributed by atoms with Gasteiger partial charge in [-0.25, -0.2) is 4.98 Å². The van der Waals surface area contributed by atoms with Crippen LogP contribution >= 0.6 is 11.6 Å². The molecule has 1 N–H and O–H groups in total. The molecule has 108 valence electrons. The van der Waals surface area contributed by atoms with E-state index in [1.54, 1.807) is 6.20 Å². The number of aliphatic hydroxyl groups excluding tert-OH is 1. The summed E-state index contributed by atoms with van der Waals surface area (Å²) in [5, 5.41) is 12.3. The Labute approximate surface area is 124 Å². The van der Waals surface area contributed by atoms with Crippen molar-refractivity contribution in [2.24, 2.45) is 11.8 Å². The van der Waals surface area contributed by atoms with Crippen molar-refractivity contribution in [1.82, 2.24) is 9.55 Å². The van der Waals surface area contributed by atoms with Gasteiger partial charge in [-0.2, -0.15) is 0 Å². The summed E-state index contributed by atoms with van der Waals surface area (Å²) in [7, 11) is 0. The number of hydrogen-bond donors (Lipinski definition) is 1. The SMILES string of the molecule is Cc1c(Cl)cnc2c1c(C)c1n2CC(O)C(C(C)C)C1. The van der Waals surface area contributed by atoms with Crippen molar-refractivity contribution in [2.45, 2.75) is 46.8 Å². The third-order valence-corrected chi connectivity index (χ3v) is 5.18. The molecule has 0 saturated heterocycles. The maximum Gasteiger partial charge on any atom is 0.140 e. The standard InChI is InChI=1S/C16H21ClN2O/c1-8(2)11-5-13-10(4)15-9(3)12(17)6-18-16(15)19(13)7-14(11)20/h6,8,11,14,20H,5,7H2,1-4H3. The van der Waals surface area contributed by atoms with Crippen molar-refractivity contribution < 1.29 is 5.11 Å². The number of nitrogens with zero attached hydrogens (tertiary/aromatic N) is 2. The Morgan fingerprint density at radius 3 is 2.70 bits per heavy atom. The molecule has 0 fully saturated rings. The van der Waals surface area contributed by atoms with Crippen LogP contribution in [0.25, 0.3) is 11.0 Å². The van der Waals surface area contributed by atoms with Crippen LogP contribution in [0.3, 0.4) is 0 Å². The third kappa shape index (κ3) is 1.87. The Bertz CT molecular complexity index is 675. The zero-order valence-electron chi connectivity index (χ0n) is 12.4. The number of pyridine rings is 1. The van der Waals surface area contributed by atoms with Crippen LogP contribution in [0, 0.1) is 25.7 Å². The summed E-state index contributed by atoms with van der Waals surface area (Å²) in [6.07, 6.45) is 2.33. The summed E-state index contributed by atoms with van der Waals surface area (Å²) in [6, 6.07) is 0. The number of halogens is 1. The van der Waals surface area contributed by atoms with Gasteiger partial charge in [-0.05, 0) is 43.2 Å². The van der Waals surface area contributed by atoms with Crippen molar-refractivity contribution in [2.75, 3.05) is 0 Å². The molecule has 0 amide bonds. The van der Waals surface area contributed by atoms with E-state index in [9.17, 15) is 5.11 Å². The molecule has 2 aromatic rings. The minimum absolute atomic E-state index is 0.296. The van der Waals surface area contributed by atoms with E-state index in [4.69, 9.17) is 11.6 Å². The summed E-state index contributed by atoms with van der Waals surface area (Å²) in [6.45, 7) is 9.19. The lowest BCUT2D eigenvalue weighted by molar-refractivity contribution is 0.0519. The summed E-state index contributed by atoms with van der Waals surface area (Å²) >= 11 is 6.21. The molecule has 3 rings (SSSR count). The molecule has 4 heteroatoms. The monoisotopic (exact) mass is 292 g/mol. The van der Waals surface area contributed by atoms with Gasteiger partial charge in [0.05, 0.1) is 17.7 Å². The maximum absolute atomic E-state index is 10.4. The van der Waals surface area contributed by atoms with Crippen LogP contribution in [-0.4, -0.2) is 20.8 Å². The smallest absolute Gasteiger partial charge is 0.140 e. The van der Waals surface area contributed by atoms with E-state index >= 15 is 0 Å². The summed E-state index contributed by atoms with van der Waals surface area (Å²) in [5.41, 5.74) is 4.62. The van der Waals surface area contributed by atoms with Gasteiger partial charge in [-0.1, -0.05) is 25.4 Å². The second-order valence-electron chi connectivity index (χ2n) is 6.29. The lowest BCUT2D eigenvalue weighted by Crippen LogP contribution is -2.36. The predicted molar refractivity (Wildman–Crippen MR) is 82.3 cm³/mol. The van der Waals surface area contributed by atoms with Gasteiger partial charge in [-0.15, -0.1) is 0 Å². The fourth-order valence-corrected chi connectivity index (χ4v) is 3.66. The topological polar surface area (TPSA) is 38.0 Å². The predicted octanol–water partition coefficient (Wildman–Crippen LogP) is 3.50. The average molecular weight is 293 g/mol. The van der Waals surface area contributed by atoms with E-state index in [1.807, 2.05) is 6.92 Å². The molecule has 0 saturated carbocycles. The van der Waals surface area contributed by atoms with Crippen molar-refractivity contribution in [3.05, 3.63) is 28.0 Å². The van der Waals surface area contributed by atoms with Crippen molar-refractivity contribution in [3.8, 4) is 0 Å². The van der Waals surface area contributed by atoms with E-state index < -0.39 is 0 Å². The average Bonchev–Trinajstić information content (AvgIpc) is 2.66. The van der Waals surface area contributed by atoms with E-state index in [2.05, 4.69) is 30.3 Å². The Morgan fingerprint density at radius 1 is 1.35 bits per heavy atom. The Balaban J connectivity index is 2.23. The molecule has 0 aliphatic carbocycles. The van der Waals surface area contributed by atoms with Gasteiger partial charge < -0.3 is 9.67 Å². The number of aliphatic hydroxyl groups is 1. The molecule has 2 unspecified atom stereocenters. The van der Waals surface area contributed by atoms with Gasteiger partial charge in [0.2, 0.25) is 0 Å². The van der Waals surface area contributed by atoms with E-state index in [-0.39, 0.29) is 6.10 Å². The number of rotatable bonds is 1. The molecular formula is C16H21ClN2O. The van der Waals surface area contributed by atoms with Crippen LogP contribution in [0.2, 0.25) is 5.02 Å². The van der Waals surface area contributed by atoms with Gasteiger partial charge in [0.15, 0.2) is 0 Å². The first-order chi connectivity index (χ1) is 9.41. The van der Waals surface area contributed by atoms with Gasteiger partial charge >= 0.3 is 0 Å². The Morgan fingerprint density at radius 2 is 2.05 bits per heavy atom. The van der Waals surface area contributed by atoms with Crippen LogP contribution in [0.4, 0.5) is 0 Å². The van der Waals surface area contributed by atoms with Crippen LogP contribution < -0.4 is 0 Å². The van der Waals surface area contributed by atoms with Crippen molar-refractivity contribution in [3.63, 3.8) is 0 Å². The quantitative estimate of drug-likeness (QED) is 0.873. The first-order valence-electron chi connectivity index (χ1n) is 7.22. The van der Waals surface area contributed by atoms with Gasteiger partial charge in [0, 0.05) is 17.3 Å². The van der Waals surface area contributed by atoms with Crippen molar-refractivity contribution >= 4 is 22.6 Å². The second kappa shape index (κ2) is 4.74. The lowest BCUT2D eigenvalue weighted by Gasteiger charge is -2.32. The highest BCUT2D eigenvalue weighted by Gasteiger charge is 2.32. The summed E-state index contributed by atoms with van der Waals surface area (Å²) in [5.74, 6) is 0.801. The number of fused-ring (bicyclic) bond motifs is 3. The van der Waals surface area contributed by atoms with Crippen LogP contribution in [0.15, 0.2) is 6.20 Å². The van der Waals surface area contributed by atoms with Gasteiger partial charge in [-0.3, -0.25) is 0 Å². The first-order valence-corrected chi connectivity index (χ1v) is 7.60. The molecule has 2 atom stereocenters. The van der Waals surface area contributed by atoms with Crippen LogP contribution in [0.5, 0.6) is 0 Å². The van der Waals surface area contributed by atoms with E-state index in [1.165, 1.54) is 11.3 Å². The molecule has 3 nitrogen and oxygen atoms in total. The highest BCUT2D eigenvalue weighted by molar-refractivity contribution is 6.32. The normalized spacial score (nSPS) is 22.6. The summed E-state index contributed by atoms with van der Waals surface area (Å²) < 4.78 is 2.18. The van der Waals surface area contributed by atoms with Crippen molar-refractivity contribution in [1.29, 1.82) is 0 Å². The number of hydrogen-bond acceptors (Lipinski definition) is 2. The molecule has 0 aromatic carbocycles. The molecule has 1 aliphatic rings. The second-order valence-corrected chi connectivity index (χ2v) is 6.70. The van der Waals surface area contributed by atoms with Crippen LogP contribution in [-0.2, 0) is 13.0 Å².